The molecule has 112 valence electrons. The molecule has 4 rings (SSSR count). The van der Waals surface area contributed by atoms with Crippen LogP contribution in [0.5, 0.6) is 5.75 Å². The average molecular weight is 299 g/mol. The van der Waals surface area contributed by atoms with Crippen LogP contribution in [0.25, 0.3) is 0 Å². The normalized spacial score (nSPS) is 31.9. The molecule has 2 N–H and O–H groups in total. The quantitative estimate of drug-likeness (QED) is 0.636. The lowest BCUT2D eigenvalue weighted by molar-refractivity contribution is -0.123. The number of fused-ring (bicyclic) bond motifs is 5. The summed E-state index contributed by atoms with van der Waals surface area (Å²) in [7, 11) is 0. The third-order valence-electron chi connectivity index (χ3n) is 4.94. The first-order valence-corrected chi connectivity index (χ1v) is 7.11. The number of anilines is 1. The number of rotatable bonds is 2. The molecule has 2 fully saturated rings. The monoisotopic (exact) mass is 299 g/mol. The van der Waals surface area contributed by atoms with Crippen molar-refractivity contribution < 1.29 is 24.6 Å². The zero-order valence-electron chi connectivity index (χ0n) is 11.5. The molecule has 0 unspecified atom stereocenters. The van der Waals surface area contributed by atoms with Crippen LogP contribution in [0.1, 0.15) is 16.8 Å². The Morgan fingerprint density at radius 1 is 1.09 bits per heavy atom. The van der Waals surface area contributed by atoms with Gasteiger partial charge in [-0.15, -0.1) is 0 Å². The molecule has 0 spiro atoms. The molecular weight excluding hydrogens is 286 g/mol. The highest BCUT2D eigenvalue weighted by molar-refractivity contribution is 6.23. The van der Waals surface area contributed by atoms with Gasteiger partial charge >= 0.3 is 5.97 Å². The lowest BCUT2D eigenvalue weighted by atomic mass is 9.85. The van der Waals surface area contributed by atoms with E-state index in [9.17, 15) is 19.5 Å². The van der Waals surface area contributed by atoms with Gasteiger partial charge in [-0.25, -0.2) is 9.69 Å². The molecule has 2 aliphatic carbocycles. The molecule has 1 aromatic carbocycles. The van der Waals surface area contributed by atoms with E-state index in [1.807, 2.05) is 12.2 Å². The molecule has 1 saturated carbocycles. The van der Waals surface area contributed by atoms with Gasteiger partial charge in [0.15, 0.2) is 0 Å². The molecular formula is C16H13NO5. The SMILES string of the molecule is O=C(O)c1cc(N2C(=O)[C@@H]3[C@@H](C2=O)[C@@H]2C=C[C@@H]3C2)ccc1O. The lowest BCUT2D eigenvalue weighted by Gasteiger charge is -2.18. The molecule has 6 nitrogen and oxygen atoms in total. The summed E-state index contributed by atoms with van der Waals surface area (Å²) in [5.41, 5.74) is -0.116. The molecule has 4 atom stereocenters. The topological polar surface area (TPSA) is 94.9 Å². The van der Waals surface area contributed by atoms with Gasteiger partial charge in [0.2, 0.25) is 11.8 Å². The summed E-state index contributed by atoms with van der Waals surface area (Å²) in [6.45, 7) is 0. The number of amides is 2. The van der Waals surface area contributed by atoms with E-state index in [-0.39, 0.29) is 46.7 Å². The van der Waals surface area contributed by atoms with E-state index in [0.717, 1.165) is 11.3 Å². The fourth-order valence-electron chi connectivity index (χ4n) is 3.99. The number of allylic oxidation sites excluding steroid dienone is 2. The second-order valence-corrected chi connectivity index (χ2v) is 6.02. The minimum atomic E-state index is -1.31. The van der Waals surface area contributed by atoms with Crippen molar-refractivity contribution in [2.75, 3.05) is 4.90 Å². The van der Waals surface area contributed by atoms with Crippen molar-refractivity contribution >= 4 is 23.5 Å². The zero-order valence-corrected chi connectivity index (χ0v) is 11.5. The van der Waals surface area contributed by atoms with Crippen LogP contribution in [-0.2, 0) is 9.59 Å². The highest BCUT2D eigenvalue weighted by Gasteiger charge is 2.59. The van der Waals surface area contributed by atoms with Gasteiger partial charge in [0.25, 0.3) is 0 Å². The highest BCUT2D eigenvalue weighted by Crippen LogP contribution is 2.53. The van der Waals surface area contributed by atoms with E-state index in [1.54, 1.807) is 0 Å². The smallest absolute Gasteiger partial charge is 0.339 e. The number of phenols is 1. The number of benzene rings is 1. The minimum absolute atomic E-state index is 0.104. The van der Waals surface area contributed by atoms with Gasteiger partial charge in [0.05, 0.1) is 17.5 Å². The maximum atomic E-state index is 12.6. The van der Waals surface area contributed by atoms with Crippen molar-refractivity contribution in [3.8, 4) is 5.75 Å². The summed E-state index contributed by atoms with van der Waals surface area (Å²) in [6, 6.07) is 3.76. The van der Waals surface area contributed by atoms with Gasteiger partial charge in [0.1, 0.15) is 11.3 Å². The number of nitrogens with zero attached hydrogens (tertiary/aromatic N) is 1. The standard InChI is InChI=1S/C16H13NO5/c18-11-4-3-9(6-10(11)16(21)22)17-14(19)12-7-1-2-8(5-7)13(12)15(17)20/h1-4,6-8,12-13,18H,5H2,(H,21,22)/t7-,8-,12+,13+/m1/s1. The number of carbonyl (C=O) groups is 3. The number of carbonyl (C=O) groups excluding carboxylic acids is 2. The van der Waals surface area contributed by atoms with E-state index in [2.05, 4.69) is 0 Å². The molecule has 6 heteroatoms. The number of hydrogen-bond donors (Lipinski definition) is 2. The Labute approximate surface area is 125 Å². The van der Waals surface area contributed by atoms with Crippen molar-refractivity contribution in [2.24, 2.45) is 23.7 Å². The predicted octanol–water partition coefficient (Wildman–Crippen LogP) is 1.40. The van der Waals surface area contributed by atoms with Crippen LogP contribution in [0.15, 0.2) is 30.4 Å². The Balaban J connectivity index is 1.76. The minimum Gasteiger partial charge on any atom is -0.507 e. The second kappa shape index (κ2) is 4.19. The molecule has 1 aromatic rings. The number of aromatic hydroxyl groups is 1. The Hall–Kier alpha value is -2.63. The number of aromatic carboxylic acids is 1. The first kappa shape index (κ1) is 13.1. The van der Waals surface area contributed by atoms with Gasteiger partial charge in [-0.1, -0.05) is 12.2 Å². The summed E-state index contributed by atoms with van der Waals surface area (Å²) < 4.78 is 0. The summed E-state index contributed by atoms with van der Waals surface area (Å²) in [6.07, 6.45) is 4.84. The van der Waals surface area contributed by atoms with Gasteiger partial charge in [-0.3, -0.25) is 9.59 Å². The van der Waals surface area contributed by atoms with Crippen LogP contribution in [-0.4, -0.2) is 28.0 Å². The second-order valence-electron chi connectivity index (χ2n) is 6.02. The third kappa shape index (κ3) is 1.52. The van der Waals surface area contributed by atoms with Crippen LogP contribution >= 0.6 is 0 Å². The van der Waals surface area contributed by atoms with Gasteiger partial charge in [-0.2, -0.15) is 0 Å². The van der Waals surface area contributed by atoms with Gasteiger partial charge < -0.3 is 10.2 Å². The van der Waals surface area contributed by atoms with E-state index in [4.69, 9.17) is 5.11 Å². The maximum Gasteiger partial charge on any atom is 0.339 e. The van der Waals surface area contributed by atoms with E-state index < -0.39 is 11.7 Å². The first-order valence-electron chi connectivity index (χ1n) is 7.11. The van der Waals surface area contributed by atoms with Crippen molar-refractivity contribution in [1.29, 1.82) is 0 Å². The molecule has 2 bridgehead atoms. The van der Waals surface area contributed by atoms with E-state index in [0.29, 0.717) is 0 Å². The van der Waals surface area contributed by atoms with E-state index in [1.165, 1.54) is 18.2 Å². The summed E-state index contributed by atoms with van der Waals surface area (Å²) >= 11 is 0. The number of imide groups is 1. The van der Waals surface area contributed by atoms with Crippen LogP contribution in [0.3, 0.4) is 0 Å². The number of carboxylic acid groups (broad SMARTS) is 1. The Bertz CT molecular complexity index is 723. The van der Waals surface area contributed by atoms with Crippen LogP contribution < -0.4 is 4.90 Å². The molecule has 3 aliphatic rings. The van der Waals surface area contributed by atoms with E-state index >= 15 is 0 Å². The number of carboxylic acids is 1. The molecule has 2 amide bonds. The van der Waals surface area contributed by atoms with Crippen molar-refractivity contribution in [3.63, 3.8) is 0 Å². The van der Waals surface area contributed by atoms with Crippen molar-refractivity contribution in [2.45, 2.75) is 6.42 Å². The number of hydrogen-bond acceptors (Lipinski definition) is 4. The van der Waals surface area contributed by atoms with Gasteiger partial charge in [-0.05, 0) is 36.5 Å². The van der Waals surface area contributed by atoms with Crippen molar-refractivity contribution in [3.05, 3.63) is 35.9 Å². The zero-order chi connectivity index (χ0) is 15.6. The third-order valence-corrected chi connectivity index (χ3v) is 4.94. The Kier molecular flexibility index (Phi) is 2.49. The highest BCUT2D eigenvalue weighted by atomic mass is 16.4. The first-order chi connectivity index (χ1) is 10.5. The lowest BCUT2D eigenvalue weighted by Crippen LogP contribution is -2.33. The van der Waals surface area contributed by atoms with Crippen molar-refractivity contribution in [1.82, 2.24) is 0 Å². The summed E-state index contributed by atoms with van der Waals surface area (Å²) in [4.78, 5) is 37.4. The Morgan fingerprint density at radius 3 is 2.23 bits per heavy atom. The fourth-order valence-corrected chi connectivity index (χ4v) is 3.99. The molecule has 0 aromatic heterocycles. The fraction of sp³-hybridized carbons (Fsp3) is 0.312. The Morgan fingerprint density at radius 2 is 1.68 bits per heavy atom. The molecule has 1 aliphatic heterocycles. The summed E-state index contributed by atoms with van der Waals surface area (Å²) in [5.74, 6) is -2.69. The van der Waals surface area contributed by atoms with Gasteiger partial charge in [0, 0.05) is 0 Å². The predicted molar refractivity (Wildman–Crippen MR) is 75.3 cm³/mol. The molecule has 0 radical (unpaired) electrons. The van der Waals surface area contributed by atoms with Crippen LogP contribution in [0.4, 0.5) is 5.69 Å². The van der Waals surface area contributed by atoms with Crippen LogP contribution in [0.2, 0.25) is 0 Å². The molecule has 1 heterocycles. The molecule has 1 saturated heterocycles. The average Bonchev–Trinajstić information content (AvgIpc) is 3.14. The largest absolute Gasteiger partial charge is 0.507 e. The maximum absolute atomic E-state index is 12.6. The molecule has 22 heavy (non-hydrogen) atoms. The van der Waals surface area contributed by atoms with Crippen LogP contribution in [0, 0.1) is 23.7 Å². The summed E-state index contributed by atoms with van der Waals surface area (Å²) in [5, 5.41) is 18.6.